The smallest absolute Gasteiger partial charge is 0.306 e. The van der Waals surface area contributed by atoms with Crippen LogP contribution < -0.4 is 0 Å². The van der Waals surface area contributed by atoms with Crippen molar-refractivity contribution in [2.24, 2.45) is 0 Å². The van der Waals surface area contributed by atoms with Gasteiger partial charge in [-0.15, -0.1) is 0 Å². The summed E-state index contributed by atoms with van der Waals surface area (Å²) < 4.78 is 16.5. The number of rotatable bonds is 35. The lowest BCUT2D eigenvalue weighted by atomic mass is 10.0. The average molecular weight is 639 g/mol. The quantitative estimate of drug-likeness (QED) is 0.0390. The maximum Gasteiger partial charge on any atom is 0.306 e. The van der Waals surface area contributed by atoms with Gasteiger partial charge in [-0.05, 0) is 19.3 Å². The van der Waals surface area contributed by atoms with Crippen LogP contribution in [-0.2, 0) is 28.6 Å². The van der Waals surface area contributed by atoms with Gasteiger partial charge in [0.15, 0.2) is 6.10 Å². The second kappa shape index (κ2) is 35.3. The molecule has 0 aromatic heterocycles. The van der Waals surface area contributed by atoms with Gasteiger partial charge in [-0.25, -0.2) is 0 Å². The van der Waals surface area contributed by atoms with E-state index in [9.17, 15) is 14.4 Å². The third-order valence-corrected chi connectivity index (χ3v) is 8.61. The highest BCUT2D eigenvalue weighted by Crippen LogP contribution is 2.14. The molecule has 0 heterocycles. The monoisotopic (exact) mass is 639 g/mol. The summed E-state index contributed by atoms with van der Waals surface area (Å²) in [5.74, 6) is -0.875. The number of unbranched alkanes of at least 4 members (excludes halogenated alkanes) is 24. The third kappa shape index (κ3) is 33.6. The van der Waals surface area contributed by atoms with Crippen molar-refractivity contribution < 1.29 is 28.6 Å². The number of carbonyl (C=O) groups excluding carboxylic acids is 3. The van der Waals surface area contributed by atoms with Gasteiger partial charge in [0.05, 0.1) is 0 Å². The molecule has 0 radical (unpaired) electrons. The SMILES string of the molecule is CCCCCCCCCCCCCCCC(=O)OC[C@@H](COC(=O)CCCCCCCCC)OC(=O)CCCCCCCCC. The standard InChI is InChI=1S/C39H74O6/c1-4-7-10-13-16-17-18-19-20-21-24-26-29-32-38(41)44-35-36(45-39(42)33-30-27-23-15-12-9-6-3)34-43-37(40)31-28-25-22-14-11-8-5-2/h36H,4-35H2,1-3H3/t36-/m1/s1. The molecule has 0 saturated heterocycles. The summed E-state index contributed by atoms with van der Waals surface area (Å²) in [4.78, 5) is 37.2. The van der Waals surface area contributed by atoms with Gasteiger partial charge in [0.1, 0.15) is 13.2 Å². The van der Waals surface area contributed by atoms with E-state index in [1.165, 1.54) is 116 Å². The molecule has 0 saturated carbocycles. The van der Waals surface area contributed by atoms with Crippen LogP contribution in [0.5, 0.6) is 0 Å². The largest absolute Gasteiger partial charge is 0.462 e. The predicted octanol–water partition coefficient (Wildman–Crippen LogP) is 11.7. The fourth-order valence-electron chi connectivity index (χ4n) is 5.62. The van der Waals surface area contributed by atoms with Crippen molar-refractivity contribution in [2.75, 3.05) is 13.2 Å². The molecular formula is C39H74O6. The first-order valence-corrected chi connectivity index (χ1v) is 19.5. The van der Waals surface area contributed by atoms with E-state index in [0.29, 0.717) is 19.3 Å². The molecule has 0 N–H and O–H groups in total. The fraction of sp³-hybridized carbons (Fsp3) is 0.923. The third-order valence-electron chi connectivity index (χ3n) is 8.61. The van der Waals surface area contributed by atoms with E-state index in [-0.39, 0.29) is 31.1 Å². The lowest BCUT2D eigenvalue weighted by Gasteiger charge is -2.18. The number of hydrogen-bond donors (Lipinski definition) is 0. The molecule has 0 aromatic carbocycles. The molecule has 0 aliphatic carbocycles. The zero-order chi connectivity index (χ0) is 33.1. The van der Waals surface area contributed by atoms with Crippen LogP contribution in [-0.4, -0.2) is 37.2 Å². The Hall–Kier alpha value is -1.59. The number of esters is 3. The molecule has 0 aliphatic rings. The molecule has 0 aromatic rings. The molecule has 0 aliphatic heterocycles. The van der Waals surface area contributed by atoms with Crippen molar-refractivity contribution in [2.45, 2.75) is 219 Å². The first-order valence-electron chi connectivity index (χ1n) is 19.5. The molecule has 266 valence electrons. The van der Waals surface area contributed by atoms with Gasteiger partial charge in [-0.1, -0.05) is 175 Å². The molecule has 0 bridgehead atoms. The number of ether oxygens (including phenoxy) is 3. The molecule has 0 unspecified atom stereocenters. The van der Waals surface area contributed by atoms with Gasteiger partial charge in [0.25, 0.3) is 0 Å². The Balaban J connectivity index is 4.25. The predicted molar refractivity (Wildman–Crippen MR) is 187 cm³/mol. The Morgan fingerprint density at radius 3 is 0.889 bits per heavy atom. The Morgan fingerprint density at radius 1 is 0.356 bits per heavy atom. The molecule has 6 nitrogen and oxygen atoms in total. The van der Waals surface area contributed by atoms with Crippen LogP contribution in [0.3, 0.4) is 0 Å². The first-order chi connectivity index (χ1) is 22.0. The lowest BCUT2D eigenvalue weighted by molar-refractivity contribution is -0.167. The zero-order valence-corrected chi connectivity index (χ0v) is 30.2. The van der Waals surface area contributed by atoms with Crippen LogP contribution in [0.25, 0.3) is 0 Å². The summed E-state index contributed by atoms with van der Waals surface area (Å²) in [5, 5.41) is 0. The molecule has 0 rings (SSSR count). The van der Waals surface area contributed by atoms with Gasteiger partial charge in [-0.2, -0.15) is 0 Å². The maximum absolute atomic E-state index is 12.5. The topological polar surface area (TPSA) is 78.9 Å². The number of hydrogen-bond acceptors (Lipinski definition) is 6. The summed E-state index contributed by atoms with van der Waals surface area (Å²) in [7, 11) is 0. The van der Waals surface area contributed by atoms with E-state index in [1.807, 2.05) is 0 Å². The molecule has 6 heteroatoms. The Labute approximate surface area is 278 Å². The molecule has 0 amide bonds. The Kier molecular flexibility index (Phi) is 34.0. The summed E-state index contributed by atoms with van der Waals surface area (Å²) >= 11 is 0. The van der Waals surface area contributed by atoms with Crippen molar-refractivity contribution in [1.82, 2.24) is 0 Å². The molecule has 0 fully saturated rings. The van der Waals surface area contributed by atoms with E-state index < -0.39 is 6.10 Å². The minimum absolute atomic E-state index is 0.0647. The van der Waals surface area contributed by atoms with E-state index in [2.05, 4.69) is 20.8 Å². The summed E-state index contributed by atoms with van der Waals surface area (Å²) in [6.45, 7) is 6.54. The van der Waals surface area contributed by atoms with Gasteiger partial charge in [-0.3, -0.25) is 14.4 Å². The van der Waals surface area contributed by atoms with Gasteiger partial charge < -0.3 is 14.2 Å². The van der Waals surface area contributed by atoms with E-state index in [1.54, 1.807) is 0 Å². The van der Waals surface area contributed by atoms with Crippen LogP contribution in [0.1, 0.15) is 213 Å². The summed E-state index contributed by atoms with van der Waals surface area (Å²) in [5.41, 5.74) is 0. The van der Waals surface area contributed by atoms with Crippen LogP contribution in [0.4, 0.5) is 0 Å². The minimum Gasteiger partial charge on any atom is -0.462 e. The summed E-state index contributed by atoms with van der Waals surface area (Å²) in [6, 6.07) is 0. The molecule has 0 spiro atoms. The summed E-state index contributed by atoms with van der Waals surface area (Å²) in [6.07, 6.45) is 32.5. The average Bonchev–Trinajstić information content (AvgIpc) is 3.03. The van der Waals surface area contributed by atoms with Crippen LogP contribution >= 0.6 is 0 Å². The minimum atomic E-state index is -0.754. The van der Waals surface area contributed by atoms with Gasteiger partial charge >= 0.3 is 17.9 Å². The maximum atomic E-state index is 12.5. The Morgan fingerprint density at radius 2 is 0.600 bits per heavy atom. The molecule has 45 heavy (non-hydrogen) atoms. The van der Waals surface area contributed by atoms with Crippen LogP contribution in [0.2, 0.25) is 0 Å². The Bertz CT molecular complexity index is 664. The van der Waals surface area contributed by atoms with Gasteiger partial charge in [0.2, 0.25) is 0 Å². The second-order valence-electron chi connectivity index (χ2n) is 13.2. The zero-order valence-electron chi connectivity index (χ0n) is 30.2. The van der Waals surface area contributed by atoms with Gasteiger partial charge in [0, 0.05) is 19.3 Å². The highest BCUT2D eigenvalue weighted by atomic mass is 16.6. The number of carbonyl (C=O) groups is 3. The van der Waals surface area contributed by atoms with Crippen LogP contribution in [0.15, 0.2) is 0 Å². The van der Waals surface area contributed by atoms with E-state index >= 15 is 0 Å². The highest BCUT2D eigenvalue weighted by molar-refractivity contribution is 5.71. The van der Waals surface area contributed by atoms with Crippen molar-refractivity contribution in [3.05, 3.63) is 0 Å². The van der Waals surface area contributed by atoms with E-state index in [4.69, 9.17) is 14.2 Å². The normalized spacial score (nSPS) is 11.8. The van der Waals surface area contributed by atoms with Crippen molar-refractivity contribution >= 4 is 17.9 Å². The highest BCUT2D eigenvalue weighted by Gasteiger charge is 2.19. The first kappa shape index (κ1) is 43.4. The van der Waals surface area contributed by atoms with Crippen molar-refractivity contribution in [3.63, 3.8) is 0 Å². The van der Waals surface area contributed by atoms with Crippen LogP contribution in [0, 0.1) is 0 Å². The molecule has 1 atom stereocenters. The molecular weight excluding hydrogens is 564 g/mol. The van der Waals surface area contributed by atoms with E-state index in [0.717, 1.165) is 57.8 Å². The van der Waals surface area contributed by atoms with Crippen molar-refractivity contribution in [3.8, 4) is 0 Å². The lowest BCUT2D eigenvalue weighted by Crippen LogP contribution is -2.30. The fourth-order valence-corrected chi connectivity index (χ4v) is 5.62. The second-order valence-corrected chi connectivity index (χ2v) is 13.2. The van der Waals surface area contributed by atoms with Crippen molar-refractivity contribution in [1.29, 1.82) is 0 Å².